The zero-order valence-corrected chi connectivity index (χ0v) is 40.9. The molecule has 0 amide bonds. The third kappa shape index (κ3) is 15.4. The van der Waals surface area contributed by atoms with E-state index in [0.717, 1.165) is 46.9 Å². The minimum Gasteiger partial charge on any atom is -0.573 e. The average Bonchev–Trinajstić information content (AvgIpc) is 4.05. The molecular weight excluding hydrogens is 1010 g/mol. The molecule has 360 valence electrons. The molecule has 1 aromatic carbocycles. The molecule has 0 bridgehead atoms. The van der Waals surface area contributed by atoms with Gasteiger partial charge in [0.1, 0.15) is 5.69 Å². The molecule has 0 spiro atoms. The molecule has 0 fully saturated rings. The topological polar surface area (TPSA) is 170 Å². The second-order valence-electron chi connectivity index (χ2n) is 16.1. The van der Waals surface area contributed by atoms with Crippen molar-refractivity contribution in [3.05, 3.63) is 149 Å². The third-order valence-electron chi connectivity index (χ3n) is 10.1. The van der Waals surface area contributed by atoms with E-state index < -0.39 is 11.9 Å². The smallest absolute Gasteiger partial charge is 0.573 e. The molecular formula is C52H46F3N7O6RuS. The normalized spacial score (nSPS) is 11.5. The Kier molecular flexibility index (Phi) is 19.8. The minimum atomic E-state index is -4.57. The fourth-order valence-electron chi connectivity index (χ4n) is 6.65. The molecule has 6 heterocycles. The quantitative estimate of drug-likeness (QED) is 0.0187. The number of carbonyl (C=O) groups is 3. The van der Waals surface area contributed by atoms with Gasteiger partial charge in [-0.25, -0.2) is 4.98 Å². The maximum absolute atomic E-state index is 13.2. The Labute approximate surface area is 419 Å². The SMILES string of the molecule is CCCCCCc1ccsc1-c1cc(-c2cc(C(F)(F)F)n[n-]2)nc(-c2[c-]cc(C(C)(C)C)cc2)n1.O=CO/C=C/c1ccnc(-c2cc(/C=C/OC=O)cc(-c3cc(/C=C/OC=O)ccn3)n2)c1.[Ru+2]. The molecule has 0 N–H and O–H groups in total. The van der Waals surface area contributed by atoms with Gasteiger partial charge < -0.3 is 24.4 Å². The van der Waals surface area contributed by atoms with Gasteiger partial charge in [-0.05, 0) is 119 Å². The summed E-state index contributed by atoms with van der Waals surface area (Å²) in [7, 11) is 0. The van der Waals surface area contributed by atoms with Crippen molar-refractivity contribution in [1.29, 1.82) is 0 Å². The van der Waals surface area contributed by atoms with Gasteiger partial charge in [-0.1, -0.05) is 52.7 Å². The number of aryl methyl sites for hydroxylation is 1. The summed E-state index contributed by atoms with van der Waals surface area (Å²) in [6.45, 7) is 9.51. The van der Waals surface area contributed by atoms with E-state index >= 15 is 0 Å². The number of ether oxygens (including phenoxy) is 3. The van der Waals surface area contributed by atoms with E-state index in [9.17, 15) is 27.6 Å². The van der Waals surface area contributed by atoms with Crippen molar-refractivity contribution in [2.24, 2.45) is 0 Å². The zero-order chi connectivity index (χ0) is 49.2. The number of pyridine rings is 3. The second-order valence-corrected chi connectivity index (χ2v) is 17.0. The zero-order valence-electron chi connectivity index (χ0n) is 38.4. The standard InChI is InChI=1S/C28H29F3N4S.C24H17N3O6.Ru/c1-5-6-7-8-9-18-14-15-36-25(18)23-16-21(22-17-24(35-34-22)28(29,30)31)32-26(33-23)19-10-12-20(13-11-19)27(2,3)4;28-15-31-8-3-18-1-6-25-21(11-18)23-13-20(5-10-33-17-30)14-24(27-23)22-12-19(2-7-26-22)4-9-32-16-29;/h10,12-17H,5-9H2,1-4H3;1-17H;/q-2;;+2/b;8-3+,9-4+,10-5+;. The Balaban J connectivity index is 0.000000258. The van der Waals surface area contributed by atoms with Crippen LogP contribution in [0.15, 0.2) is 109 Å². The molecule has 0 aliphatic rings. The van der Waals surface area contributed by atoms with Crippen molar-refractivity contribution in [3.63, 3.8) is 0 Å². The van der Waals surface area contributed by atoms with E-state index in [2.05, 4.69) is 84.2 Å². The van der Waals surface area contributed by atoms with E-state index in [1.165, 1.54) is 37.2 Å². The number of alkyl halides is 3. The monoisotopic (exact) mass is 1060 g/mol. The van der Waals surface area contributed by atoms with Crippen LogP contribution < -0.4 is 5.10 Å². The van der Waals surface area contributed by atoms with Crippen LogP contribution in [0.3, 0.4) is 0 Å². The van der Waals surface area contributed by atoms with Crippen LogP contribution in [0.1, 0.15) is 86.9 Å². The fourth-order valence-corrected chi connectivity index (χ4v) is 7.56. The van der Waals surface area contributed by atoms with Crippen LogP contribution in [-0.2, 0) is 66.1 Å². The number of unbranched alkanes of at least 4 members (excludes halogenated alkanes) is 3. The summed E-state index contributed by atoms with van der Waals surface area (Å²) >= 11 is 1.57. The third-order valence-corrected chi connectivity index (χ3v) is 11.1. The largest absolute Gasteiger partial charge is 2.00 e. The van der Waals surface area contributed by atoms with Gasteiger partial charge >= 0.3 is 25.7 Å². The maximum atomic E-state index is 13.2. The van der Waals surface area contributed by atoms with Crippen molar-refractivity contribution in [2.45, 2.75) is 71.4 Å². The number of aromatic nitrogens is 7. The van der Waals surface area contributed by atoms with Crippen LogP contribution in [0.25, 0.3) is 74.4 Å². The second kappa shape index (κ2) is 25.9. The van der Waals surface area contributed by atoms with Crippen molar-refractivity contribution >= 4 is 49.0 Å². The summed E-state index contributed by atoms with van der Waals surface area (Å²) in [5.41, 5.74) is 7.32. The number of halogens is 3. The van der Waals surface area contributed by atoms with Gasteiger partial charge in [0.2, 0.25) is 0 Å². The van der Waals surface area contributed by atoms with Crippen molar-refractivity contribution < 1.29 is 61.2 Å². The Hall–Kier alpha value is -7.30. The molecule has 0 aliphatic heterocycles. The van der Waals surface area contributed by atoms with E-state index in [1.54, 1.807) is 84.4 Å². The van der Waals surface area contributed by atoms with Gasteiger partial charge in [0.15, 0.2) is 0 Å². The van der Waals surface area contributed by atoms with Gasteiger partial charge in [0.25, 0.3) is 19.4 Å². The van der Waals surface area contributed by atoms with Gasteiger partial charge in [0.05, 0.1) is 58.0 Å². The number of rotatable bonds is 19. The van der Waals surface area contributed by atoms with E-state index in [-0.39, 0.29) is 30.6 Å². The number of hydrogen-bond acceptors (Lipinski definition) is 13. The number of hydrogen-bond donors (Lipinski definition) is 0. The molecule has 18 heteroatoms. The van der Waals surface area contributed by atoms with Crippen LogP contribution in [0.5, 0.6) is 0 Å². The minimum absolute atomic E-state index is 0. The van der Waals surface area contributed by atoms with Crippen LogP contribution in [-0.4, -0.2) is 49.4 Å². The molecule has 0 aliphatic carbocycles. The summed E-state index contributed by atoms with van der Waals surface area (Å²) in [5, 5.41) is 9.14. The van der Waals surface area contributed by atoms with Crippen LogP contribution >= 0.6 is 11.3 Å². The molecule has 0 radical (unpaired) electrons. The molecule has 70 heavy (non-hydrogen) atoms. The molecule has 0 saturated heterocycles. The van der Waals surface area contributed by atoms with Gasteiger partial charge in [-0.2, -0.15) is 13.2 Å². The molecule has 0 unspecified atom stereocenters. The van der Waals surface area contributed by atoms with Crippen LogP contribution in [0.4, 0.5) is 13.2 Å². The summed E-state index contributed by atoms with van der Waals surface area (Å²) in [5.74, 6) is 0.393. The first-order valence-corrected chi connectivity index (χ1v) is 22.5. The van der Waals surface area contributed by atoms with Crippen molar-refractivity contribution in [1.82, 2.24) is 35.1 Å². The average molecular weight is 1060 g/mol. The van der Waals surface area contributed by atoms with Crippen molar-refractivity contribution in [2.75, 3.05) is 0 Å². The Morgan fingerprint density at radius 1 is 0.671 bits per heavy atom. The number of carbonyl (C=O) groups excluding carboxylic acids is 3. The molecule has 7 aromatic rings. The number of benzene rings is 1. The Morgan fingerprint density at radius 3 is 1.79 bits per heavy atom. The van der Waals surface area contributed by atoms with Gasteiger partial charge in [0, 0.05) is 18.1 Å². The first-order valence-electron chi connectivity index (χ1n) is 21.6. The van der Waals surface area contributed by atoms with Crippen LogP contribution in [0, 0.1) is 6.07 Å². The molecule has 13 nitrogen and oxygen atoms in total. The predicted octanol–water partition coefficient (Wildman–Crippen LogP) is 11.8. The van der Waals surface area contributed by atoms with Crippen LogP contribution in [0.2, 0.25) is 0 Å². The fraction of sp³-hybridized carbons (Fsp3) is 0.212. The van der Waals surface area contributed by atoms with Gasteiger partial charge in [-0.3, -0.25) is 34.3 Å². The first-order chi connectivity index (χ1) is 33.3. The molecule has 0 saturated carbocycles. The molecule has 6 aromatic heterocycles. The number of thiophene rings is 1. The van der Waals surface area contributed by atoms with E-state index in [4.69, 9.17) is 4.98 Å². The summed E-state index contributed by atoms with van der Waals surface area (Å²) in [4.78, 5) is 55.0. The first kappa shape index (κ1) is 53.7. The molecule has 7 rings (SSSR count). The number of nitrogens with zero attached hydrogens (tertiary/aromatic N) is 7. The summed E-state index contributed by atoms with van der Waals surface area (Å²) in [6, 6.07) is 24.4. The Bertz CT molecular complexity index is 2850. The predicted molar refractivity (Wildman–Crippen MR) is 257 cm³/mol. The summed E-state index contributed by atoms with van der Waals surface area (Å²) < 4.78 is 53.4. The maximum Gasteiger partial charge on any atom is 2.00 e. The van der Waals surface area contributed by atoms with Crippen molar-refractivity contribution in [3.8, 4) is 56.1 Å². The molecule has 0 atom stereocenters. The summed E-state index contributed by atoms with van der Waals surface area (Å²) in [6.07, 6.45) is 12.8. The van der Waals surface area contributed by atoms with Gasteiger partial charge in [-0.15, -0.1) is 46.7 Å². The Morgan fingerprint density at radius 2 is 1.26 bits per heavy atom. The van der Waals surface area contributed by atoms with E-state index in [1.807, 2.05) is 23.6 Å². The van der Waals surface area contributed by atoms with E-state index in [0.29, 0.717) is 70.5 Å².